The third-order valence-electron chi connectivity index (χ3n) is 14.2. The Morgan fingerprint density at radius 1 is 0.371 bits per heavy atom. The molecule has 4 aromatic heterocycles. The van der Waals surface area contributed by atoms with Crippen molar-refractivity contribution < 1.29 is 0 Å². The lowest BCUT2D eigenvalue weighted by atomic mass is 9.81. The predicted octanol–water partition coefficient (Wildman–Crippen LogP) is 14.4. The van der Waals surface area contributed by atoms with Crippen molar-refractivity contribution in [2.75, 3.05) is 0 Å². The Balaban J connectivity index is 0.931. The summed E-state index contributed by atoms with van der Waals surface area (Å²) >= 11 is 0. The van der Waals surface area contributed by atoms with Gasteiger partial charge in [0.2, 0.25) is 0 Å². The van der Waals surface area contributed by atoms with E-state index in [2.05, 4.69) is 193 Å². The van der Waals surface area contributed by atoms with Crippen molar-refractivity contribution >= 4 is 81.6 Å². The van der Waals surface area contributed by atoms with Crippen LogP contribution in [0.4, 0.5) is 0 Å². The van der Waals surface area contributed by atoms with E-state index in [4.69, 9.17) is 0 Å². The highest BCUT2D eigenvalue weighted by Crippen LogP contribution is 2.51. The van der Waals surface area contributed by atoms with Crippen molar-refractivity contribution in [1.82, 2.24) is 13.5 Å². The highest BCUT2D eigenvalue weighted by molar-refractivity contribution is 6.26. The molecule has 14 rings (SSSR count). The molecular formula is C58H37N3O. The van der Waals surface area contributed by atoms with Crippen molar-refractivity contribution in [3.8, 4) is 33.6 Å². The second-order valence-electron chi connectivity index (χ2n) is 17.6. The first kappa shape index (κ1) is 33.8. The first-order valence-corrected chi connectivity index (χ1v) is 21.5. The second kappa shape index (κ2) is 11.9. The smallest absolute Gasteiger partial charge is 0.263 e. The van der Waals surface area contributed by atoms with Gasteiger partial charge in [-0.2, -0.15) is 0 Å². The fourth-order valence-electron chi connectivity index (χ4n) is 11.4. The maximum Gasteiger partial charge on any atom is 0.263 e. The molecule has 0 aliphatic heterocycles. The van der Waals surface area contributed by atoms with E-state index < -0.39 is 0 Å². The highest BCUT2D eigenvalue weighted by Gasteiger charge is 2.36. The lowest BCUT2D eigenvalue weighted by Crippen LogP contribution is -2.15. The van der Waals surface area contributed by atoms with Gasteiger partial charge in [-0.1, -0.05) is 135 Å². The van der Waals surface area contributed by atoms with Gasteiger partial charge < -0.3 is 9.13 Å². The molecule has 0 N–H and O–H groups in total. The summed E-state index contributed by atoms with van der Waals surface area (Å²) < 4.78 is 6.85. The number of para-hydroxylation sites is 4. The molecule has 0 unspecified atom stereocenters. The standard InChI is InChI=1S/C58H37N3O/c1-58(2)48-32-35(34-24-29-52-47(31-34)43-20-12-19-42-38-15-6-7-17-45(38)57(62)61(52)55(42)43)23-26-39(48)40-27-25-37(33-49(40)58)59-51-22-11-9-18-46(51)54-53(59)30-28-44-41-16-8-10-21-50(41)60(56(44)54)36-13-4-3-5-14-36/h3-33H,1-2H3. The molecule has 1 aliphatic carbocycles. The van der Waals surface area contributed by atoms with Crippen molar-refractivity contribution in [2.24, 2.45) is 0 Å². The Kier molecular flexibility index (Phi) is 6.48. The van der Waals surface area contributed by atoms with E-state index in [0.717, 1.165) is 54.9 Å². The minimum atomic E-state index is -0.242. The van der Waals surface area contributed by atoms with Crippen LogP contribution >= 0.6 is 0 Å². The summed E-state index contributed by atoms with van der Waals surface area (Å²) in [6, 6.07) is 68.2. The summed E-state index contributed by atoms with van der Waals surface area (Å²) in [7, 11) is 0. The molecule has 1 aliphatic rings. The number of hydrogen-bond donors (Lipinski definition) is 0. The zero-order valence-corrected chi connectivity index (χ0v) is 34.1. The first-order valence-electron chi connectivity index (χ1n) is 21.5. The molecule has 290 valence electrons. The van der Waals surface area contributed by atoms with E-state index in [1.807, 2.05) is 22.6 Å². The Bertz CT molecular complexity index is 4140. The molecule has 62 heavy (non-hydrogen) atoms. The summed E-state index contributed by atoms with van der Waals surface area (Å²) in [6.07, 6.45) is 0. The van der Waals surface area contributed by atoms with Crippen LogP contribution in [0.25, 0.3) is 115 Å². The number of aromatic nitrogens is 3. The molecule has 0 amide bonds. The maximum absolute atomic E-state index is 14.0. The van der Waals surface area contributed by atoms with Crippen LogP contribution in [0.3, 0.4) is 0 Å². The van der Waals surface area contributed by atoms with E-state index in [-0.39, 0.29) is 11.0 Å². The van der Waals surface area contributed by atoms with Crippen LogP contribution in [0, 0.1) is 0 Å². The summed E-state index contributed by atoms with van der Waals surface area (Å²) in [5, 5.41) is 10.1. The highest BCUT2D eigenvalue weighted by atomic mass is 16.1. The van der Waals surface area contributed by atoms with Crippen molar-refractivity contribution in [3.05, 3.63) is 210 Å². The van der Waals surface area contributed by atoms with Gasteiger partial charge in [-0.3, -0.25) is 9.20 Å². The third kappa shape index (κ3) is 4.23. The van der Waals surface area contributed by atoms with Gasteiger partial charge in [0.25, 0.3) is 5.56 Å². The van der Waals surface area contributed by atoms with Gasteiger partial charge in [0.15, 0.2) is 0 Å². The zero-order chi connectivity index (χ0) is 41.0. The largest absolute Gasteiger partial charge is 0.309 e. The number of pyridine rings is 1. The van der Waals surface area contributed by atoms with Gasteiger partial charge in [-0.25, -0.2) is 0 Å². The predicted molar refractivity (Wildman–Crippen MR) is 259 cm³/mol. The molecule has 4 heterocycles. The molecule has 4 heteroatoms. The maximum atomic E-state index is 14.0. The molecule has 13 aromatic rings. The van der Waals surface area contributed by atoms with Gasteiger partial charge >= 0.3 is 0 Å². The van der Waals surface area contributed by atoms with Crippen LogP contribution in [-0.2, 0) is 5.41 Å². The molecule has 0 atom stereocenters. The molecule has 0 spiro atoms. The number of rotatable bonds is 3. The number of nitrogens with zero attached hydrogens (tertiary/aromatic N) is 3. The molecule has 9 aromatic carbocycles. The van der Waals surface area contributed by atoms with Crippen LogP contribution in [0.1, 0.15) is 25.0 Å². The Hall–Kier alpha value is -7.95. The summed E-state index contributed by atoms with van der Waals surface area (Å²) in [6.45, 7) is 4.74. The minimum absolute atomic E-state index is 0.0352. The van der Waals surface area contributed by atoms with Crippen molar-refractivity contribution in [2.45, 2.75) is 19.3 Å². The molecule has 0 radical (unpaired) electrons. The SMILES string of the molecule is CC1(C)c2cc(-c3ccc4c(c3)c3cccc5c6ccccc6c(=O)n4c53)ccc2-c2ccc(-n3c4ccccc4c4c3ccc3c5ccccc5n(-c5ccccc5)c34)cc21. The Morgan fingerprint density at radius 2 is 0.952 bits per heavy atom. The molecule has 0 saturated heterocycles. The lowest BCUT2D eigenvalue weighted by molar-refractivity contribution is 0.660. The first-order chi connectivity index (χ1) is 30.5. The van der Waals surface area contributed by atoms with Crippen LogP contribution in [0.5, 0.6) is 0 Å². The molecule has 0 saturated carbocycles. The van der Waals surface area contributed by atoms with Gasteiger partial charge in [0.05, 0.1) is 33.1 Å². The quantitative estimate of drug-likeness (QED) is 0.164. The van der Waals surface area contributed by atoms with E-state index in [1.165, 1.54) is 71.4 Å². The summed E-state index contributed by atoms with van der Waals surface area (Å²) in [5.41, 5.74) is 16.4. The molecule has 0 bridgehead atoms. The van der Waals surface area contributed by atoms with Crippen molar-refractivity contribution in [3.63, 3.8) is 0 Å². The third-order valence-corrected chi connectivity index (χ3v) is 14.2. The van der Waals surface area contributed by atoms with Crippen molar-refractivity contribution in [1.29, 1.82) is 0 Å². The molecule has 0 fully saturated rings. The number of fused-ring (bicyclic) bond motifs is 15. The number of benzene rings is 9. The topological polar surface area (TPSA) is 31.3 Å². The van der Waals surface area contributed by atoms with Crippen LogP contribution < -0.4 is 5.56 Å². The van der Waals surface area contributed by atoms with E-state index >= 15 is 0 Å². The number of hydrogen-bond acceptors (Lipinski definition) is 1. The normalized spacial score (nSPS) is 13.5. The fourth-order valence-corrected chi connectivity index (χ4v) is 11.4. The van der Waals surface area contributed by atoms with E-state index in [0.29, 0.717) is 0 Å². The fraction of sp³-hybridized carbons (Fsp3) is 0.0517. The minimum Gasteiger partial charge on any atom is -0.309 e. The van der Waals surface area contributed by atoms with E-state index in [9.17, 15) is 4.79 Å². The van der Waals surface area contributed by atoms with Crippen LogP contribution in [0.2, 0.25) is 0 Å². The van der Waals surface area contributed by atoms with Gasteiger partial charge in [-0.15, -0.1) is 0 Å². The van der Waals surface area contributed by atoms with Crippen LogP contribution in [-0.4, -0.2) is 13.5 Å². The summed E-state index contributed by atoms with van der Waals surface area (Å²) in [4.78, 5) is 14.0. The lowest BCUT2D eigenvalue weighted by Gasteiger charge is -2.23. The van der Waals surface area contributed by atoms with Gasteiger partial charge in [0.1, 0.15) is 0 Å². The summed E-state index contributed by atoms with van der Waals surface area (Å²) in [5.74, 6) is 0. The Morgan fingerprint density at radius 3 is 1.76 bits per heavy atom. The van der Waals surface area contributed by atoms with E-state index in [1.54, 1.807) is 0 Å². The average molecular weight is 792 g/mol. The molecular weight excluding hydrogens is 755 g/mol. The van der Waals surface area contributed by atoms with Crippen LogP contribution in [0.15, 0.2) is 193 Å². The monoisotopic (exact) mass is 791 g/mol. The van der Waals surface area contributed by atoms with Gasteiger partial charge in [-0.05, 0) is 105 Å². The zero-order valence-electron chi connectivity index (χ0n) is 34.1. The Labute approximate surface area is 356 Å². The van der Waals surface area contributed by atoms with Gasteiger partial charge in [0, 0.05) is 59.9 Å². The molecule has 4 nitrogen and oxygen atoms in total. The average Bonchev–Trinajstić information content (AvgIpc) is 4.02. The second-order valence-corrected chi connectivity index (χ2v) is 17.6.